The van der Waals surface area contributed by atoms with E-state index in [1.54, 1.807) is 4.68 Å². The Kier molecular flexibility index (Phi) is 7.11. The predicted octanol–water partition coefficient (Wildman–Crippen LogP) is 4.69. The minimum Gasteiger partial charge on any atom is -0.337 e. The fourth-order valence-corrected chi connectivity index (χ4v) is 5.84. The van der Waals surface area contributed by atoms with Gasteiger partial charge in [0.25, 0.3) is 5.91 Å². The van der Waals surface area contributed by atoms with E-state index in [0.717, 1.165) is 44.6 Å². The molecule has 6 heteroatoms. The second kappa shape index (κ2) is 10.0. The summed E-state index contributed by atoms with van der Waals surface area (Å²) in [5.74, 6) is 0.547. The lowest BCUT2D eigenvalue weighted by atomic mass is 9.84. The minimum absolute atomic E-state index is 0.0607. The van der Waals surface area contributed by atoms with Crippen LogP contribution in [0.4, 0.5) is 0 Å². The number of thiophene rings is 1. The lowest BCUT2D eigenvalue weighted by Gasteiger charge is -2.40. The molecule has 3 heterocycles. The number of carbonyl (C=O) groups is 1. The zero-order chi connectivity index (χ0) is 22.7. The van der Waals surface area contributed by atoms with E-state index in [2.05, 4.69) is 59.4 Å². The van der Waals surface area contributed by atoms with Gasteiger partial charge in [0.1, 0.15) is 5.69 Å². The van der Waals surface area contributed by atoms with Gasteiger partial charge < -0.3 is 4.90 Å². The summed E-state index contributed by atoms with van der Waals surface area (Å²) in [7, 11) is 3.82. The van der Waals surface area contributed by atoms with Crippen molar-refractivity contribution in [2.75, 3.05) is 20.1 Å². The SMILES string of the molecule is Cc1cc(C(=O)N(C)[C@@H](Cc2ccccc2)C2CCN(Cc3ccc(C)s3)CC2)n(C)n1. The van der Waals surface area contributed by atoms with Gasteiger partial charge in [-0.1, -0.05) is 30.3 Å². The summed E-state index contributed by atoms with van der Waals surface area (Å²) in [6.45, 7) is 7.31. The van der Waals surface area contributed by atoms with Crippen molar-refractivity contribution >= 4 is 17.2 Å². The average molecular weight is 451 g/mol. The van der Waals surface area contributed by atoms with Crippen molar-refractivity contribution in [3.63, 3.8) is 0 Å². The zero-order valence-corrected chi connectivity index (χ0v) is 20.4. The summed E-state index contributed by atoms with van der Waals surface area (Å²) in [6, 6.07) is 17.1. The third-order valence-corrected chi connectivity index (χ3v) is 7.66. The van der Waals surface area contributed by atoms with Crippen LogP contribution in [0, 0.1) is 19.8 Å². The van der Waals surface area contributed by atoms with E-state index < -0.39 is 0 Å². The molecule has 5 nitrogen and oxygen atoms in total. The molecule has 1 aromatic carbocycles. The number of hydrogen-bond donors (Lipinski definition) is 0. The highest BCUT2D eigenvalue weighted by molar-refractivity contribution is 7.11. The number of aromatic nitrogens is 2. The van der Waals surface area contributed by atoms with Gasteiger partial charge in [-0.25, -0.2) is 0 Å². The molecule has 1 aliphatic rings. The molecular weight excluding hydrogens is 416 g/mol. The quantitative estimate of drug-likeness (QED) is 0.524. The maximum atomic E-state index is 13.4. The van der Waals surface area contributed by atoms with E-state index in [4.69, 9.17) is 0 Å². The van der Waals surface area contributed by atoms with Crippen molar-refractivity contribution in [3.05, 3.63) is 75.2 Å². The second-order valence-electron chi connectivity index (χ2n) is 9.09. The average Bonchev–Trinajstić information content (AvgIpc) is 3.36. The molecule has 1 saturated heterocycles. The van der Waals surface area contributed by atoms with Gasteiger partial charge in [0.05, 0.1) is 5.69 Å². The van der Waals surface area contributed by atoms with Crippen molar-refractivity contribution in [2.24, 2.45) is 13.0 Å². The van der Waals surface area contributed by atoms with E-state index in [0.29, 0.717) is 11.6 Å². The molecule has 0 radical (unpaired) electrons. The molecule has 4 rings (SSSR count). The van der Waals surface area contributed by atoms with Crippen LogP contribution in [0.1, 0.15) is 44.3 Å². The number of piperidine rings is 1. The zero-order valence-electron chi connectivity index (χ0n) is 19.6. The Balaban J connectivity index is 1.48. The highest BCUT2D eigenvalue weighted by atomic mass is 32.1. The molecule has 0 saturated carbocycles. The van der Waals surface area contributed by atoms with Gasteiger partial charge in [-0.2, -0.15) is 5.10 Å². The summed E-state index contributed by atoms with van der Waals surface area (Å²) in [4.78, 5) is 20.8. The van der Waals surface area contributed by atoms with Gasteiger partial charge in [-0.05, 0) is 75.9 Å². The largest absolute Gasteiger partial charge is 0.337 e. The second-order valence-corrected chi connectivity index (χ2v) is 10.5. The van der Waals surface area contributed by atoms with Crippen molar-refractivity contribution in [1.82, 2.24) is 19.6 Å². The van der Waals surface area contributed by atoms with Crippen molar-refractivity contribution in [1.29, 1.82) is 0 Å². The first-order valence-electron chi connectivity index (χ1n) is 11.5. The molecular formula is C26H34N4OS. The van der Waals surface area contributed by atoms with Gasteiger partial charge in [0, 0.05) is 36.4 Å². The normalized spacial score (nSPS) is 16.2. The van der Waals surface area contributed by atoms with Gasteiger partial charge in [-0.15, -0.1) is 11.3 Å². The molecule has 0 aliphatic carbocycles. The molecule has 3 aromatic rings. The van der Waals surface area contributed by atoms with Gasteiger partial charge in [-0.3, -0.25) is 14.4 Å². The van der Waals surface area contributed by atoms with Crippen molar-refractivity contribution < 1.29 is 4.79 Å². The van der Waals surface area contributed by atoms with E-state index in [9.17, 15) is 4.79 Å². The van der Waals surface area contributed by atoms with Crippen LogP contribution in [0.15, 0.2) is 48.5 Å². The molecule has 170 valence electrons. The lowest BCUT2D eigenvalue weighted by molar-refractivity contribution is 0.0575. The summed E-state index contributed by atoms with van der Waals surface area (Å²) < 4.78 is 1.71. The van der Waals surface area contributed by atoms with Crippen LogP contribution in [-0.2, 0) is 20.0 Å². The van der Waals surface area contributed by atoms with Crippen LogP contribution in [0.25, 0.3) is 0 Å². The highest BCUT2D eigenvalue weighted by Crippen LogP contribution is 2.29. The predicted molar refractivity (Wildman–Crippen MR) is 131 cm³/mol. The monoisotopic (exact) mass is 450 g/mol. The Morgan fingerprint density at radius 1 is 1.16 bits per heavy atom. The molecule has 0 unspecified atom stereocenters. The van der Waals surface area contributed by atoms with Gasteiger partial charge in [0.15, 0.2) is 0 Å². The Morgan fingerprint density at radius 2 is 1.88 bits per heavy atom. The summed E-state index contributed by atoms with van der Waals surface area (Å²) in [5, 5.41) is 4.39. The highest BCUT2D eigenvalue weighted by Gasteiger charge is 2.33. The number of likely N-dealkylation sites (tertiary alicyclic amines) is 1. The third kappa shape index (κ3) is 5.30. The van der Waals surface area contributed by atoms with E-state index in [1.165, 1.54) is 15.3 Å². The number of hydrogen-bond acceptors (Lipinski definition) is 4. The van der Waals surface area contributed by atoms with Crippen molar-refractivity contribution in [3.8, 4) is 0 Å². The fraction of sp³-hybridized carbons (Fsp3) is 0.462. The Hall–Kier alpha value is -2.44. The first-order chi connectivity index (χ1) is 15.4. The molecule has 1 aliphatic heterocycles. The third-order valence-electron chi connectivity index (χ3n) is 6.68. The molecule has 0 N–H and O–H groups in total. The Labute approximate surface area is 195 Å². The molecule has 1 atom stereocenters. The van der Waals surface area contributed by atoms with Crippen molar-refractivity contribution in [2.45, 2.75) is 45.7 Å². The summed E-state index contributed by atoms with van der Waals surface area (Å²) >= 11 is 1.90. The topological polar surface area (TPSA) is 41.4 Å². The van der Waals surface area contributed by atoms with Crippen LogP contribution in [0.3, 0.4) is 0 Å². The maximum absolute atomic E-state index is 13.4. The number of rotatable bonds is 7. The number of amides is 1. The number of benzene rings is 1. The smallest absolute Gasteiger partial charge is 0.272 e. The number of aryl methyl sites for hydroxylation is 3. The van der Waals surface area contributed by atoms with E-state index in [-0.39, 0.29) is 11.9 Å². The summed E-state index contributed by atoms with van der Waals surface area (Å²) in [6.07, 6.45) is 3.11. The first kappa shape index (κ1) is 22.7. The van der Waals surface area contributed by atoms with Crippen LogP contribution in [0.2, 0.25) is 0 Å². The standard InChI is InChI=1S/C26H34N4OS/c1-19-16-25(29(4)27-19)26(31)28(3)24(17-21-8-6-5-7-9-21)22-12-14-30(15-13-22)18-23-11-10-20(2)32-23/h5-11,16,22,24H,12-15,17-18H2,1-4H3/t24-/m0/s1. The Bertz CT molecular complexity index is 1030. The molecule has 0 bridgehead atoms. The van der Waals surface area contributed by atoms with E-state index >= 15 is 0 Å². The van der Waals surface area contributed by atoms with Crippen LogP contribution < -0.4 is 0 Å². The molecule has 32 heavy (non-hydrogen) atoms. The first-order valence-corrected chi connectivity index (χ1v) is 12.3. The van der Waals surface area contributed by atoms with Crippen LogP contribution in [0.5, 0.6) is 0 Å². The van der Waals surface area contributed by atoms with Gasteiger partial charge in [0.2, 0.25) is 0 Å². The molecule has 1 amide bonds. The van der Waals surface area contributed by atoms with E-state index in [1.807, 2.05) is 43.3 Å². The maximum Gasteiger partial charge on any atom is 0.272 e. The molecule has 1 fully saturated rings. The van der Waals surface area contributed by atoms with Crippen LogP contribution in [-0.4, -0.2) is 51.7 Å². The molecule has 0 spiro atoms. The fourth-order valence-electron chi connectivity index (χ4n) is 4.90. The molecule has 2 aromatic heterocycles. The minimum atomic E-state index is 0.0607. The number of nitrogens with zero attached hydrogens (tertiary/aromatic N) is 4. The lowest BCUT2D eigenvalue weighted by Crippen LogP contribution is -2.47. The number of carbonyl (C=O) groups excluding carboxylic acids is 1. The Morgan fingerprint density at radius 3 is 2.47 bits per heavy atom. The number of likely N-dealkylation sites (N-methyl/N-ethyl adjacent to an activating group) is 1. The van der Waals surface area contributed by atoms with Gasteiger partial charge >= 0.3 is 0 Å². The summed E-state index contributed by atoms with van der Waals surface area (Å²) in [5.41, 5.74) is 2.82. The van der Waals surface area contributed by atoms with Crippen LogP contribution >= 0.6 is 11.3 Å².